The molecule has 0 heterocycles. The highest BCUT2D eigenvalue weighted by atomic mass is 127. The normalized spacial score (nSPS) is 13.6. The number of amides is 1. The number of benzene rings is 2. The van der Waals surface area contributed by atoms with Gasteiger partial charge in [-0.1, -0.05) is 30.3 Å². The largest absolute Gasteiger partial charge is 0.394 e. The molecule has 0 saturated heterocycles. The number of hydrogen-bond donors (Lipinski definition) is 2. The number of aliphatic hydroxyl groups excluding tert-OH is 1. The van der Waals surface area contributed by atoms with Crippen LogP contribution in [0.5, 0.6) is 0 Å². The molecule has 3 nitrogen and oxygen atoms in total. The van der Waals surface area contributed by atoms with Gasteiger partial charge in [-0.2, -0.15) is 0 Å². The average molecular weight is 381 g/mol. The van der Waals surface area contributed by atoms with Gasteiger partial charge in [0.1, 0.15) is 0 Å². The summed E-state index contributed by atoms with van der Waals surface area (Å²) < 4.78 is 1.08. The fourth-order valence-electron chi connectivity index (χ4n) is 1.93. The molecule has 104 valence electrons. The lowest BCUT2D eigenvalue weighted by molar-refractivity contribution is 0.0849. The molecule has 0 aliphatic carbocycles. The zero-order valence-corrected chi connectivity index (χ0v) is 13.3. The zero-order chi connectivity index (χ0) is 14.6. The van der Waals surface area contributed by atoms with Gasteiger partial charge in [-0.3, -0.25) is 4.79 Å². The first-order chi connectivity index (χ1) is 9.55. The van der Waals surface area contributed by atoms with Crippen molar-refractivity contribution in [2.45, 2.75) is 12.5 Å². The van der Waals surface area contributed by atoms with Crippen LogP contribution >= 0.6 is 22.6 Å². The van der Waals surface area contributed by atoms with Crippen molar-refractivity contribution in [3.63, 3.8) is 0 Å². The summed E-state index contributed by atoms with van der Waals surface area (Å²) in [7, 11) is 0. The number of nitrogens with one attached hydrogen (secondary N) is 1. The third kappa shape index (κ3) is 3.37. The van der Waals surface area contributed by atoms with Gasteiger partial charge in [-0.15, -0.1) is 0 Å². The van der Waals surface area contributed by atoms with Crippen LogP contribution in [0.15, 0.2) is 54.6 Å². The average Bonchev–Trinajstić information content (AvgIpc) is 2.48. The summed E-state index contributed by atoms with van der Waals surface area (Å²) in [5.74, 6) is -0.193. The van der Waals surface area contributed by atoms with E-state index in [1.165, 1.54) is 0 Å². The molecular weight excluding hydrogens is 365 g/mol. The second-order valence-electron chi connectivity index (χ2n) is 4.82. The van der Waals surface area contributed by atoms with E-state index in [-0.39, 0.29) is 12.5 Å². The maximum Gasteiger partial charge on any atom is 0.252 e. The molecule has 0 radical (unpaired) electrons. The van der Waals surface area contributed by atoms with E-state index in [4.69, 9.17) is 0 Å². The first-order valence-electron chi connectivity index (χ1n) is 6.29. The van der Waals surface area contributed by atoms with Crippen LogP contribution in [-0.2, 0) is 5.54 Å². The van der Waals surface area contributed by atoms with Gasteiger partial charge in [0.15, 0.2) is 0 Å². The standard InChI is InChI=1S/C16H16INO2/c1-16(11-19,13-5-3-2-4-6-13)18-15(20)12-7-9-14(17)10-8-12/h2-10,19H,11H2,1H3,(H,18,20). The molecule has 20 heavy (non-hydrogen) atoms. The molecule has 2 rings (SSSR count). The number of halogens is 1. The van der Waals surface area contributed by atoms with Gasteiger partial charge in [-0.25, -0.2) is 0 Å². The molecule has 0 saturated carbocycles. The summed E-state index contributed by atoms with van der Waals surface area (Å²) in [5.41, 5.74) is 0.670. The van der Waals surface area contributed by atoms with Crippen LogP contribution in [0.2, 0.25) is 0 Å². The summed E-state index contributed by atoms with van der Waals surface area (Å²) in [5, 5.41) is 12.6. The lowest BCUT2D eigenvalue weighted by Gasteiger charge is -2.29. The van der Waals surface area contributed by atoms with Crippen LogP contribution in [0, 0.1) is 3.57 Å². The Balaban J connectivity index is 2.22. The van der Waals surface area contributed by atoms with Gasteiger partial charge in [0, 0.05) is 9.13 Å². The predicted molar refractivity (Wildman–Crippen MR) is 87.5 cm³/mol. The molecule has 0 aliphatic rings. The molecule has 0 aliphatic heterocycles. The van der Waals surface area contributed by atoms with Gasteiger partial charge in [0.2, 0.25) is 0 Å². The van der Waals surface area contributed by atoms with E-state index < -0.39 is 5.54 Å². The van der Waals surface area contributed by atoms with Crippen molar-refractivity contribution < 1.29 is 9.90 Å². The Morgan fingerprint density at radius 3 is 2.30 bits per heavy atom. The number of carbonyl (C=O) groups is 1. The van der Waals surface area contributed by atoms with Crippen LogP contribution in [0.4, 0.5) is 0 Å². The second kappa shape index (κ2) is 6.37. The van der Waals surface area contributed by atoms with Crippen molar-refractivity contribution in [2.24, 2.45) is 0 Å². The summed E-state index contributed by atoms with van der Waals surface area (Å²) >= 11 is 2.19. The minimum absolute atomic E-state index is 0.160. The predicted octanol–water partition coefficient (Wildman–Crippen LogP) is 2.93. The van der Waals surface area contributed by atoms with Gasteiger partial charge < -0.3 is 10.4 Å². The van der Waals surface area contributed by atoms with E-state index in [9.17, 15) is 9.90 Å². The van der Waals surface area contributed by atoms with Crippen molar-refractivity contribution in [2.75, 3.05) is 6.61 Å². The highest BCUT2D eigenvalue weighted by Crippen LogP contribution is 2.20. The molecule has 0 fully saturated rings. The summed E-state index contributed by atoms with van der Waals surface area (Å²) in [6.45, 7) is 1.65. The Labute approximate surface area is 132 Å². The van der Waals surface area contributed by atoms with Gasteiger partial charge >= 0.3 is 0 Å². The molecule has 1 atom stereocenters. The first kappa shape index (κ1) is 15.0. The molecule has 0 spiro atoms. The van der Waals surface area contributed by atoms with E-state index in [1.807, 2.05) is 49.4 Å². The van der Waals surface area contributed by atoms with Crippen molar-refractivity contribution in [3.05, 3.63) is 69.3 Å². The Morgan fingerprint density at radius 1 is 1.15 bits per heavy atom. The van der Waals surface area contributed by atoms with Crippen molar-refractivity contribution in [3.8, 4) is 0 Å². The maximum absolute atomic E-state index is 12.3. The van der Waals surface area contributed by atoms with Crippen LogP contribution < -0.4 is 5.32 Å². The molecule has 2 aromatic rings. The lowest BCUT2D eigenvalue weighted by Crippen LogP contribution is -2.46. The van der Waals surface area contributed by atoms with E-state index >= 15 is 0 Å². The van der Waals surface area contributed by atoms with Crippen LogP contribution in [0.1, 0.15) is 22.8 Å². The third-order valence-corrected chi connectivity index (χ3v) is 3.94. The Bertz CT molecular complexity index is 583. The molecule has 4 heteroatoms. The number of hydrogen-bond acceptors (Lipinski definition) is 2. The van der Waals surface area contributed by atoms with Gasteiger partial charge in [0.05, 0.1) is 12.1 Å². The molecule has 1 amide bonds. The molecule has 0 aromatic heterocycles. The van der Waals surface area contributed by atoms with Gasteiger partial charge in [-0.05, 0) is 59.3 Å². The van der Waals surface area contributed by atoms with E-state index in [0.29, 0.717) is 5.56 Å². The zero-order valence-electron chi connectivity index (χ0n) is 11.1. The topological polar surface area (TPSA) is 49.3 Å². The Kier molecular flexibility index (Phi) is 4.77. The number of carbonyl (C=O) groups excluding carboxylic acids is 1. The third-order valence-electron chi connectivity index (χ3n) is 3.22. The van der Waals surface area contributed by atoms with E-state index in [2.05, 4.69) is 27.9 Å². The van der Waals surface area contributed by atoms with Crippen molar-refractivity contribution in [1.29, 1.82) is 0 Å². The van der Waals surface area contributed by atoms with E-state index in [1.54, 1.807) is 12.1 Å². The molecule has 2 N–H and O–H groups in total. The molecule has 1 unspecified atom stereocenters. The monoisotopic (exact) mass is 381 g/mol. The number of rotatable bonds is 4. The molecular formula is C16H16INO2. The highest BCUT2D eigenvalue weighted by Gasteiger charge is 2.27. The lowest BCUT2D eigenvalue weighted by atomic mass is 9.92. The van der Waals surface area contributed by atoms with Gasteiger partial charge in [0.25, 0.3) is 5.91 Å². The summed E-state index contributed by atoms with van der Waals surface area (Å²) in [6.07, 6.45) is 0. The van der Waals surface area contributed by atoms with Crippen molar-refractivity contribution >= 4 is 28.5 Å². The minimum atomic E-state index is -0.790. The number of aliphatic hydroxyl groups is 1. The Hall–Kier alpha value is -1.40. The summed E-state index contributed by atoms with van der Waals surface area (Å²) in [6, 6.07) is 16.8. The fourth-order valence-corrected chi connectivity index (χ4v) is 2.29. The van der Waals surface area contributed by atoms with E-state index in [0.717, 1.165) is 9.13 Å². The molecule has 0 bridgehead atoms. The van der Waals surface area contributed by atoms with Crippen LogP contribution in [0.3, 0.4) is 0 Å². The minimum Gasteiger partial charge on any atom is -0.394 e. The van der Waals surface area contributed by atoms with Crippen molar-refractivity contribution in [1.82, 2.24) is 5.32 Å². The first-order valence-corrected chi connectivity index (χ1v) is 7.37. The van der Waals surface area contributed by atoms with Crippen LogP contribution in [-0.4, -0.2) is 17.6 Å². The second-order valence-corrected chi connectivity index (χ2v) is 6.06. The summed E-state index contributed by atoms with van der Waals surface area (Å²) in [4.78, 5) is 12.3. The Morgan fingerprint density at radius 2 is 1.75 bits per heavy atom. The molecule has 2 aromatic carbocycles. The maximum atomic E-state index is 12.3. The highest BCUT2D eigenvalue weighted by molar-refractivity contribution is 14.1. The SMILES string of the molecule is CC(CO)(NC(=O)c1ccc(I)cc1)c1ccccc1. The smallest absolute Gasteiger partial charge is 0.252 e. The quantitative estimate of drug-likeness (QED) is 0.801. The van der Waals surface area contributed by atoms with Crippen LogP contribution in [0.25, 0.3) is 0 Å². The fraction of sp³-hybridized carbons (Fsp3) is 0.188.